The van der Waals surface area contributed by atoms with E-state index >= 15 is 0 Å². The highest BCUT2D eigenvalue weighted by molar-refractivity contribution is 9.10. The third kappa shape index (κ3) is 3.11. The summed E-state index contributed by atoms with van der Waals surface area (Å²) in [5.74, 6) is -0.642. The van der Waals surface area contributed by atoms with E-state index in [4.69, 9.17) is 0 Å². The lowest BCUT2D eigenvalue weighted by Gasteiger charge is -2.08. The van der Waals surface area contributed by atoms with Crippen molar-refractivity contribution in [2.75, 3.05) is 5.32 Å². The van der Waals surface area contributed by atoms with Crippen molar-refractivity contribution in [1.82, 2.24) is 14.8 Å². The number of aryl methyl sites for hydroxylation is 1. The van der Waals surface area contributed by atoms with Crippen molar-refractivity contribution in [3.05, 3.63) is 56.8 Å². The number of halogens is 1. The van der Waals surface area contributed by atoms with Crippen LogP contribution in [0.2, 0.25) is 0 Å². The van der Waals surface area contributed by atoms with E-state index in [9.17, 15) is 14.9 Å². The molecule has 1 aromatic carbocycles. The molecule has 2 aromatic heterocycles. The van der Waals surface area contributed by atoms with Crippen molar-refractivity contribution >= 4 is 44.2 Å². The van der Waals surface area contributed by atoms with Crippen molar-refractivity contribution in [2.45, 2.75) is 13.5 Å². The van der Waals surface area contributed by atoms with Crippen LogP contribution in [0, 0.1) is 17.0 Å². The van der Waals surface area contributed by atoms with Crippen molar-refractivity contribution < 1.29 is 9.72 Å². The number of fused-ring (bicyclic) bond motifs is 1. The molecule has 0 saturated carbocycles. The fraction of sp³-hybridized carbons (Fsp3) is 0.133. The number of carbonyl (C=O) groups excluding carboxylic acids is 1. The van der Waals surface area contributed by atoms with E-state index in [2.05, 4.69) is 31.3 Å². The lowest BCUT2D eigenvalue weighted by Crippen LogP contribution is -2.20. The second-order valence-electron chi connectivity index (χ2n) is 5.10. The third-order valence-electron chi connectivity index (χ3n) is 3.35. The number of benzene rings is 1. The van der Waals surface area contributed by atoms with Crippen LogP contribution in [-0.2, 0) is 11.3 Å². The van der Waals surface area contributed by atoms with Crippen molar-refractivity contribution in [3.63, 3.8) is 0 Å². The van der Waals surface area contributed by atoms with Gasteiger partial charge in [0.1, 0.15) is 0 Å². The van der Waals surface area contributed by atoms with E-state index in [0.29, 0.717) is 16.9 Å². The maximum absolute atomic E-state index is 12.3. The summed E-state index contributed by atoms with van der Waals surface area (Å²) in [6, 6.07) is 8.53. The number of aromatic nitrogens is 3. The Morgan fingerprint density at radius 1 is 1.42 bits per heavy atom. The summed E-state index contributed by atoms with van der Waals surface area (Å²) in [7, 11) is 0. The third-order valence-corrected chi connectivity index (χ3v) is 4.04. The topological polar surface area (TPSA) is 103 Å². The largest absolute Gasteiger partial charge is 0.358 e. The summed E-state index contributed by atoms with van der Waals surface area (Å²) in [5.41, 5.74) is 1.64. The highest BCUT2D eigenvalue weighted by Crippen LogP contribution is 2.28. The monoisotopic (exact) mass is 389 g/mol. The highest BCUT2D eigenvalue weighted by Gasteiger charge is 2.20. The normalized spacial score (nSPS) is 10.8. The molecule has 2 heterocycles. The Balaban J connectivity index is 1.86. The van der Waals surface area contributed by atoms with Gasteiger partial charge in [-0.2, -0.15) is 0 Å². The highest BCUT2D eigenvalue weighted by atomic mass is 79.9. The number of nitrogens with zero attached hydrogens (tertiary/aromatic N) is 4. The van der Waals surface area contributed by atoms with Gasteiger partial charge >= 0.3 is 5.82 Å². The number of nitrogens with one attached hydrogen (secondary N) is 1. The molecule has 8 nitrogen and oxygen atoms in total. The van der Waals surface area contributed by atoms with Crippen LogP contribution in [-0.4, -0.2) is 25.6 Å². The van der Waals surface area contributed by atoms with Gasteiger partial charge in [0, 0.05) is 16.1 Å². The van der Waals surface area contributed by atoms with Gasteiger partial charge < -0.3 is 15.4 Å². The van der Waals surface area contributed by atoms with Crippen LogP contribution in [0.3, 0.4) is 0 Å². The summed E-state index contributed by atoms with van der Waals surface area (Å²) in [4.78, 5) is 27.0. The summed E-state index contributed by atoms with van der Waals surface area (Å²) in [5, 5.41) is 18.6. The van der Waals surface area contributed by atoms with Gasteiger partial charge in [-0.1, -0.05) is 27.1 Å². The second-order valence-corrected chi connectivity index (χ2v) is 5.96. The number of nitro groups is 1. The standard InChI is InChI=1S/C15H12BrN5O3/c1-9-7-14(21(23)24)20(19-9)8-13(22)18-12-5-4-11(16)10-3-2-6-17-15(10)12/h2-7H,8H2,1H3,(H,18,22). The van der Waals surface area contributed by atoms with E-state index < -0.39 is 10.8 Å². The number of rotatable bonds is 4. The van der Waals surface area contributed by atoms with Gasteiger partial charge in [0.05, 0.1) is 23.0 Å². The number of hydrogen-bond donors (Lipinski definition) is 1. The predicted octanol–water partition coefficient (Wildman–Crippen LogP) is 3.05. The molecule has 0 aliphatic carbocycles. The Bertz CT molecular complexity index is 953. The zero-order chi connectivity index (χ0) is 17.3. The number of amides is 1. The summed E-state index contributed by atoms with van der Waals surface area (Å²) < 4.78 is 1.93. The molecule has 0 radical (unpaired) electrons. The van der Waals surface area contributed by atoms with Gasteiger partial charge in [0.25, 0.3) is 5.91 Å². The number of carbonyl (C=O) groups is 1. The van der Waals surface area contributed by atoms with Crippen LogP contribution >= 0.6 is 15.9 Å². The van der Waals surface area contributed by atoms with Crippen LogP contribution in [0.4, 0.5) is 11.5 Å². The molecule has 3 rings (SSSR count). The maximum Gasteiger partial charge on any atom is 0.345 e. The predicted molar refractivity (Wildman–Crippen MR) is 91.7 cm³/mol. The SMILES string of the molecule is Cc1cc([N+](=O)[O-])n(CC(=O)Nc2ccc(Br)c3cccnc23)n1. The van der Waals surface area contributed by atoms with Crippen LogP contribution in [0.15, 0.2) is 41.0 Å². The van der Waals surface area contributed by atoms with Gasteiger partial charge in [-0.3, -0.25) is 9.78 Å². The Hall–Kier alpha value is -2.81. The molecule has 0 atom stereocenters. The van der Waals surface area contributed by atoms with Crippen molar-refractivity contribution in [1.29, 1.82) is 0 Å². The molecule has 9 heteroatoms. The minimum atomic E-state index is -0.566. The molecule has 0 aliphatic rings. The molecule has 0 fully saturated rings. The second kappa shape index (κ2) is 6.36. The van der Waals surface area contributed by atoms with Gasteiger partial charge in [-0.25, -0.2) is 0 Å². The molecule has 0 spiro atoms. The first-order chi connectivity index (χ1) is 11.5. The lowest BCUT2D eigenvalue weighted by molar-refractivity contribution is -0.392. The van der Waals surface area contributed by atoms with Gasteiger partial charge in [-0.05, 0) is 30.0 Å². The van der Waals surface area contributed by atoms with Gasteiger partial charge in [-0.15, -0.1) is 4.68 Å². The van der Waals surface area contributed by atoms with E-state index in [0.717, 1.165) is 14.5 Å². The molecular formula is C15H12BrN5O3. The molecule has 1 N–H and O–H groups in total. The van der Waals surface area contributed by atoms with E-state index in [1.54, 1.807) is 31.3 Å². The molecule has 0 saturated heterocycles. The fourth-order valence-electron chi connectivity index (χ4n) is 2.36. The van der Waals surface area contributed by atoms with Crippen molar-refractivity contribution in [2.24, 2.45) is 0 Å². The lowest BCUT2D eigenvalue weighted by atomic mass is 10.2. The molecular weight excluding hydrogens is 378 g/mol. The van der Waals surface area contributed by atoms with Crippen LogP contribution in [0.1, 0.15) is 5.69 Å². The van der Waals surface area contributed by atoms with E-state index in [1.807, 2.05) is 6.07 Å². The molecule has 0 aliphatic heterocycles. The Morgan fingerprint density at radius 2 is 2.21 bits per heavy atom. The van der Waals surface area contributed by atoms with E-state index in [-0.39, 0.29) is 12.4 Å². The smallest absolute Gasteiger partial charge is 0.345 e. The number of anilines is 1. The van der Waals surface area contributed by atoms with Crippen LogP contribution in [0.5, 0.6) is 0 Å². The Morgan fingerprint density at radius 3 is 2.96 bits per heavy atom. The first-order valence-electron chi connectivity index (χ1n) is 6.97. The maximum atomic E-state index is 12.3. The van der Waals surface area contributed by atoms with Crippen LogP contribution in [0.25, 0.3) is 10.9 Å². The minimum absolute atomic E-state index is 0.221. The fourth-order valence-corrected chi connectivity index (χ4v) is 2.81. The summed E-state index contributed by atoms with van der Waals surface area (Å²) in [6.45, 7) is 1.38. The Kier molecular flexibility index (Phi) is 4.26. The first-order valence-corrected chi connectivity index (χ1v) is 7.77. The average Bonchev–Trinajstić information content (AvgIpc) is 2.91. The van der Waals surface area contributed by atoms with Gasteiger partial charge in [0.2, 0.25) is 0 Å². The number of pyridine rings is 1. The molecule has 122 valence electrons. The molecule has 0 bridgehead atoms. The van der Waals surface area contributed by atoms with Gasteiger partial charge in [0.15, 0.2) is 6.54 Å². The van der Waals surface area contributed by atoms with Crippen LogP contribution < -0.4 is 5.32 Å². The zero-order valence-electron chi connectivity index (χ0n) is 12.6. The quantitative estimate of drug-likeness (QED) is 0.545. The zero-order valence-corrected chi connectivity index (χ0v) is 14.1. The summed E-state index contributed by atoms with van der Waals surface area (Å²) >= 11 is 3.44. The molecule has 3 aromatic rings. The molecule has 0 unspecified atom stereocenters. The average molecular weight is 390 g/mol. The Labute approximate surface area is 144 Å². The summed E-state index contributed by atoms with van der Waals surface area (Å²) in [6.07, 6.45) is 1.63. The van der Waals surface area contributed by atoms with Crippen molar-refractivity contribution in [3.8, 4) is 0 Å². The molecule has 24 heavy (non-hydrogen) atoms. The van der Waals surface area contributed by atoms with E-state index in [1.165, 1.54) is 6.07 Å². The molecule has 1 amide bonds. The number of hydrogen-bond acceptors (Lipinski definition) is 5. The minimum Gasteiger partial charge on any atom is -0.358 e. The first kappa shape index (κ1) is 16.1.